The molecule has 3 heterocycles. The summed E-state index contributed by atoms with van der Waals surface area (Å²) in [6.45, 7) is 5.38. The highest BCUT2D eigenvalue weighted by Gasteiger charge is 2.28. The summed E-state index contributed by atoms with van der Waals surface area (Å²) < 4.78 is 1.69. The fourth-order valence-corrected chi connectivity index (χ4v) is 3.13. The van der Waals surface area contributed by atoms with E-state index in [4.69, 9.17) is 11.6 Å². The van der Waals surface area contributed by atoms with Gasteiger partial charge in [0.25, 0.3) is 0 Å². The molecular formula is C15H19ClN6O. The van der Waals surface area contributed by atoms with Gasteiger partial charge in [0, 0.05) is 31.9 Å². The third-order valence-electron chi connectivity index (χ3n) is 3.92. The highest BCUT2D eigenvalue weighted by Crippen LogP contribution is 2.27. The van der Waals surface area contributed by atoms with Crippen molar-refractivity contribution < 1.29 is 4.79 Å². The van der Waals surface area contributed by atoms with Gasteiger partial charge >= 0.3 is 0 Å². The number of carbonyl (C=O) groups is 1. The average molecular weight is 335 g/mol. The molecule has 1 saturated heterocycles. The number of rotatable bonds is 3. The molecule has 2 aromatic heterocycles. The van der Waals surface area contributed by atoms with Gasteiger partial charge in [-0.25, -0.2) is 9.97 Å². The minimum Gasteiger partial charge on any atom is -0.345 e. The van der Waals surface area contributed by atoms with E-state index in [1.54, 1.807) is 15.8 Å². The Morgan fingerprint density at radius 3 is 2.70 bits per heavy atom. The summed E-state index contributed by atoms with van der Waals surface area (Å²) in [5.74, 6) is 1.41. The molecule has 0 aliphatic carbocycles. The fraction of sp³-hybridized carbons (Fsp3) is 0.467. The highest BCUT2D eigenvalue weighted by molar-refractivity contribution is 6.30. The summed E-state index contributed by atoms with van der Waals surface area (Å²) in [6.07, 6.45) is 4.28. The molecule has 1 aliphatic heterocycles. The molecule has 0 saturated carbocycles. The first kappa shape index (κ1) is 15.7. The van der Waals surface area contributed by atoms with Crippen LogP contribution in [0.1, 0.15) is 18.3 Å². The SMILES string of the molecule is CCc1c(Cl)nc(C)nc1N1CCN(c2cnn(C)c2)C(=O)C1. The van der Waals surface area contributed by atoms with Gasteiger partial charge < -0.3 is 9.80 Å². The summed E-state index contributed by atoms with van der Waals surface area (Å²) in [5.41, 5.74) is 1.71. The Hall–Kier alpha value is -2.15. The molecule has 0 unspecified atom stereocenters. The van der Waals surface area contributed by atoms with Gasteiger partial charge in [-0.05, 0) is 13.3 Å². The maximum absolute atomic E-state index is 12.5. The van der Waals surface area contributed by atoms with Crippen LogP contribution >= 0.6 is 11.6 Å². The molecule has 2 aromatic rings. The number of anilines is 2. The van der Waals surface area contributed by atoms with E-state index in [0.29, 0.717) is 24.1 Å². The maximum Gasteiger partial charge on any atom is 0.246 e. The number of hydrogen-bond acceptors (Lipinski definition) is 5. The number of hydrogen-bond donors (Lipinski definition) is 0. The van der Waals surface area contributed by atoms with Crippen LogP contribution in [0.15, 0.2) is 12.4 Å². The van der Waals surface area contributed by atoms with Gasteiger partial charge in [-0.1, -0.05) is 18.5 Å². The molecule has 1 fully saturated rings. The Morgan fingerprint density at radius 1 is 1.30 bits per heavy atom. The van der Waals surface area contributed by atoms with Crippen molar-refractivity contribution in [3.63, 3.8) is 0 Å². The van der Waals surface area contributed by atoms with Gasteiger partial charge in [0.15, 0.2) is 0 Å². The van der Waals surface area contributed by atoms with Crippen LogP contribution in [0.4, 0.5) is 11.5 Å². The van der Waals surface area contributed by atoms with Gasteiger partial charge in [0.05, 0.1) is 18.4 Å². The van der Waals surface area contributed by atoms with E-state index in [0.717, 1.165) is 23.5 Å². The van der Waals surface area contributed by atoms with Crippen LogP contribution in [0.2, 0.25) is 5.15 Å². The number of aromatic nitrogens is 4. The number of piperazine rings is 1. The summed E-state index contributed by atoms with van der Waals surface area (Å²) in [7, 11) is 1.84. The van der Waals surface area contributed by atoms with Crippen molar-refractivity contribution in [2.45, 2.75) is 20.3 Å². The lowest BCUT2D eigenvalue weighted by Gasteiger charge is -2.35. The molecule has 122 valence electrons. The molecule has 3 rings (SSSR count). The minimum atomic E-state index is 0.0266. The lowest BCUT2D eigenvalue weighted by Crippen LogP contribution is -2.51. The Kier molecular flexibility index (Phi) is 4.21. The van der Waals surface area contributed by atoms with Crippen LogP contribution in [0.3, 0.4) is 0 Å². The van der Waals surface area contributed by atoms with Crippen LogP contribution < -0.4 is 9.80 Å². The molecule has 1 aliphatic rings. The van der Waals surface area contributed by atoms with Crippen LogP contribution in [0, 0.1) is 6.92 Å². The molecule has 0 N–H and O–H groups in total. The highest BCUT2D eigenvalue weighted by atomic mass is 35.5. The van der Waals surface area contributed by atoms with E-state index in [2.05, 4.69) is 15.1 Å². The molecule has 8 heteroatoms. The van der Waals surface area contributed by atoms with Gasteiger partial charge in [-0.2, -0.15) is 5.10 Å². The van der Waals surface area contributed by atoms with Crippen LogP contribution in [-0.2, 0) is 18.3 Å². The van der Waals surface area contributed by atoms with Crippen molar-refractivity contribution in [3.05, 3.63) is 28.9 Å². The third-order valence-corrected chi connectivity index (χ3v) is 4.24. The van der Waals surface area contributed by atoms with Crippen molar-refractivity contribution in [2.24, 2.45) is 7.05 Å². The second-order valence-electron chi connectivity index (χ2n) is 5.56. The summed E-state index contributed by atoms with van der Waals surface area (Å²) in [5, 5.41) is 4.59. The van der Waals surface area contributed by atoms with E-state index in [1.165, 1.54) is 0 Å². The van der Waals surface area contributed by atoms with E-state index >= 15 is 0 Å². The van der Waals surface area contributed by atoms with Gasteiger partial charge in [0.2, 0.25) is 5.91 Å². The quantitative estimate of drug-likeness (QED) is 0.797. The lowest BCUT2D eigenvalue weighted by atomic mass is 10.2. The number of nitrogens with zero attached hydrogens (tertiary/aromatic N) is 6. The largest absolute Gasteiger partial charge is 0.345 e. The van der Waals surface area contributed by atoms with Gasteiger partial charge in [-0.15, -0.1) is 0 Å². The van der Waals surface area contributed by atoms with E-state index in [-0.39, 0.29) is 12.5 Å². The first-order valence-electron chi connectivity index (χ1n) is 7.56. The number of carbonyl (C=O) groups excluding carboxylic acids is 1. The molecule has 0 spiro atoms. The lowest BCUT2D eigenvalue weighted by molar-refractivity contribution is -0.117. The molecule has 0 atom stereocenters. The van der Waals surface area contributed by atoms with Crippen molar-refractivity contribution in [1.82, 2.24) is 19.7 Å². The van der Waals surface area contributed by atoms with Crippen LogP contribution in [0.25, 0.3) is 0 Å². The topological polar surface area (TPSA) is 67.2 Å². The Morgan fingerprint density at radius 2 is 2.09 bits per heavy atom. The Balaban J connectivity index is 1.84. The van der Waals surface area contributed by atoms with E-state index < -0.39 is 0 Å². The molecule has 7 nitrogen and oxygen atoms in total. The second kappa shape index (κ2) is 6.16. The molecule has 23 heavy (non-hydrogen) atoms. The van der Waals surface area contributed by atoms with Crippen molar-refractivity contribution in [1.29, 1.82) is 0 Å². The molecule has 0 radical (unpaired) electrons. The monoisotopic (exact) mass is 334 g/mol. The predicted molar refractivity (Wildman–Crippen MR) is 88.9 cm³/mol. The van der Waals surface area contributed by atoms with Crippen LogP contribution in [0.5, 0.6) is 0 Å². The molecule has 1 amide bonds. The zero-order valence-electron chi connectivity index (χ0n) is 13.5. The van der Waals surface area contributed by atoms with Crippen molar-refractivity contribution in [3.8, 4) is 0 Å². The average Bonchev–Trinajstić information content (AvgIpc) is 2.92. The normalized spacial score (nSPS) is 15.4. The first-order valence-corrected chi connectivity index (χ1v) is 7.94. The number of halogens is 1. The third kappa shape index (κ3) is 3.01. The standard InChI is InChI=1S/C15H19ClN6O/c1-4-12-14(16)18-10(2)19-15(12)21-5-6-22(13(23)9-21)11-7-17-20(3)8-11/h7-8H,4-6,9H2,1-3H3. The Bertz CT molecular complexity index is 744. The molecule has 0 aromatic carbocycles. The van der Waals surface area contributed by atoms with Crippen molar-refractivity contribution >= 4 is 29.0 Å². The second-order valence-corrected chi connectivity index (χ2v) is 5.91. The van der Waals surface area contributed by atoms with Crippen molar-refractivity contribution in [2.75, 3.05) is 29.4 Å². The number of aryl methyl sites for hydroxylation is 2. The fourth-order valence-electron chi connectivity index (χ4n) is 2.79. The maximum atomic E-state index is 12.5. The summed E-state index contributed by atoms with van der Waals surface area (Å²) in [6, 6.07) is 0. The van der Waals surface area contributed by atoms with E-state index in [1.807, 2.05) is 32.0 Å². The smallest absolute Gasteiger partial charge is 0.246 e. The molecule has 0 bridgehead atoms. The summed E-state index contributed by atoms with van der Waals surface area (Å²) in [4.78, 5) is 25.0. The predicted octanol–water partition coefficient (Wildman–Crippen LogP) is 1.59. The zero-order chi connectivity index (χ0) is 16.6. The minimum absolute atomic E-state index is 0.0266. The van der Waals surface area contributed by atoms with Gasteiger partial charge in [-0.3, -0.25) is 9.48 Å². The molecular weight excluding hydrogens is 316 g/mol. The Labute approximate surface area is 139 Å². The zero-order valence-corrected chi connectivity index (χ0v) is 14.2. The first-order chi connectivity index (χ1) is 11.0. The number of amides is 1. The van der Waals surface area contributed by atoms with Crippen LogP contribution in [-0.4, -0.2) is 45.3 Å². The van der Waals surface area contributed by atoms with E-state index in [9.17, 15) is 4.79 Å². The van der Waals surface area contributed by atoms with Gasteiger partial charge in [0.1, 0.15) is 16.8 Å². The summed E-state index contributed by atoms with van der Waals surface area (Å²) >= 11 is 6.23.